The number of aromatic carboxylic acids is 1. The quantitative estimate of drug-likeness (QED) is 0.757. The molecular weight excluding hydrogens is 274 g/mol. The number of hydrogen-bond acceptors (Lipinski definition) is 4. The molecule has 108 valence electrons. The maximum atomic E-state index is 11.9. The first-order chi connectivity index (χ1) is 10.0. The molecule has 0 aliphatic carbocycles. The molecule has 0 unspecified atom stereocenters. The molecule has 0 spiro atoms. The Morgan fingerprint density at radius 3 is 2.86 bits per heavy atom. The molecule has 0 fully saturated rings. The van der Waals surface area contributed by atoms with Crippen LogP contribution in [0.25, 0.3) is 0 Å². The van der Waals surface area contributed by atoms with Crippen LogP contribution < -0.4 is 10.2 Å². The fraction of sp³-hybridized carbons (Fsp3) is 0.286. The van der Waals surface area contributed by atoms with Gasteiger partial charge in [0.15, 0.2) is 0 Å². The van der Waals surface area contributed by atoms with Crippen LogP contribution in [0.2, 0.25) is 0 Å². The van der Waals surface area contributed by atoms with Crippen molar-refractivity contribution in [1.29, 1.82) is 5.26 Å². The molecule has 7 heteroatoms. The summed E-state index contributed by atoms with van der Waals surface area (Å²) < 4.78 is 0. The Hall–Kier alpha value is -2.88. The minimum atomic E-state index is -1.06. The number of nitriles is 1. The zero-order chi connectivity index (χ0) is 15.4. The van der Waals surface area contributed by atoms with Crippen LogP contribution in [0.4, 0.5) is 5.69 Å². The van der Waals surface area contributed by atoms with Crippen molar-refractivity contribution in [2.75, 3.05) is 18.0 Å². The number of nitrogens with zero attached hydrogens (tertiary/aromatic N) is 2. The van der Waals surface area contributed by atoms with Gasteiger partial charge in [-0.15, -0.1) is 0 Å². The Kier molecular flexibility index (Phi) is 4.18. The van der Waals surface area contributed by atoms with E-state index in [4.69, 9.17) is 10.4 Å². The second-order valence-corrected chi connectivity index (χ2v) is 4.56. The van der Waals surface area contributed by atoms with Crippen molar-refractivity contribution in [3.8, 4) is 6.07 Å². The third-order valence-electron chi connectivity index (χ3n) is 3.12. The molecule has 0 bridgehead atoms. The molecule has 21 heavy (non-hydrogen) atoms. The monoisotopic (exact) mass is 287 g/mol. The number of hydrogen-bond donors (Lipinski definition) is 2. The molecule has 1 heterocycles. The van der Waals surface area contributed by atoms with E-state index < -0.39 is 5.97 Å². The molecule has 2 rings (SSSR count). The number of carbonyl (C=O) groups excluding carboxylic acids is 2. The van der Waals surface area contributed by atoms with Crippen LogP contribution in [0.3, 0.4) is 0 Å². The summed E-state index contributed by atoms with van der Waals surface area (Å²) in [6.07, 6.45) is 0.292. The maximum absolute atomic E-state index is 11.9. The van der Waals surface area contributed by atoms with E-state index in [1.54, 1.807) is 0 Å². The molecule has 1 aliphatic rings. The van der Waals surface area contributed by atoms with E-state index >= 15 is 0 Å². The van der Waals surface area contributed by atoms with Gasteiger partial charge in [-0.2, -0.15) is 5.26 Å². The lowest BCUT2D eigenvalue weighted by molar-refractivity contribution is -0.123. The van der Waals surface area contributed by atoms with E-state index in [1.165, 1.54) is 23.1 Å². The number of rotatable bonds is 5. The van der Waals surface area contributed by atoms with Crippen LogP contribution in [0.1, 0.15) is 22.3 Å². The van der Waals surface area contributed by atoms with Crippen molar-refractivity contribution in [3.05, 3.63) is 29.3 Å². The van der Waals surface area contributed by atoms with Crippen LogP contribution in [0, 0.1) is 11.3 Å². The zero-order valence-electron chi connectivity index (χ0n) is 11.1. The van der Waals surface area contributed by atoms with Gasteiger partial charge in [0.05, 0.1) is 24.5 Å². The highest BCUT2D eigenvalue weighted by atomic mass is 16.4. The predicted octanol–water partition coefficient (Wildman–Crippen LogP) is 0.304. The maximum Gasteiger partial charge on any atom is 0.335 e. The van der Waals surface area contributed by atoms with Crippen LogP contribution in [0.5, 0.6) is 0 Å². The summed E-state index contributed by atoms with van der Waals surface area (Å²) in [5, 5.41) is 19.9. The molecule has 0 atom stereocenters. The molecule has 1 aromatic rings. The third kappa shape index (κ3) is 3.17. The van der Waals surface area contributed by atoms with Gasteiger partial charge < -0.3 is 15.3 Å². The van der Waals surface area contributed by atoms with Gasteiger partial charge in [-0.25, -0.2) is 4.79 Å². The van der Waals surface area contributed by atoms with Gasteiger partial charge in [0.1, 0.15) is 6.54 Å². The van der Waals surface area contributed by atoms with Gasteiger partial charge in [0.25, 0.3) is 0 Å². The van der Waals surface area contributed by atoms with Gasteiger partial charge in [-0.3, -0.25) is 9.59 Å². The van der Waals surface area contributed by atoms with Gasteiger partial charge in [-0.05, 0) is 23.8 Å². The number of fused-ring (bicyclic) bond motifs is 1. The lowest BCUT2D eigenvalue weighted by atomic mass is 10.1. The van der Waals surface area contributed by atoms with E-state index in [9.17, 15) is 14.4 Å². The lowest BCUT2D eigenvalue weighted by Crippen LogP contribution is -2.39. The van der Waals surface area contributed by atoms with Gasteiger partial charge >= 0.3 is 5.97 Å². The van der Waals surface area contributed by atoms with Gasteiger partial charge in [0.2, 0.25) is 11.8 Å². The van der Waals surface area contributed by atoms with Crippen LogP contribution in [-0.4, -0.2) is 36.0 Å². The number of anilines is 1. The summed E-state index contributed by atoms with van der Waals surface area (Å²) in [4.78, 5) is 35.8. The number of nitrogens with one attached hydrogen (secondary N) is 1. The van der Waals surface area contributed by atoms with Crippen LogP contribution >= 0.6 is 0 Å². The fourth-order valence-electron chi connectivity index (χ4n) is 2.15. The Bertz CT molecular complexity index is 648. The SMILES string of the molecule is N#CCCNC(=O)CN1C(=O)Cc2cc(C(=O)O)ccc21. The number of carboxylic acid groups (broad SMARTS) is 1. The first-order valence-corrected chi connectivity index (χ1v) is 6.33. The summed E-state index contributed by atoms with van der Waals surface area (Å²) in [5.74, 6) is -1.66. The first kappa shape index (κ1) is 14.5. The van der Waals surface area contributed by atoms with Crippen LogP contribution in [-0.2, 0) is 16.0 Å². The summed E-state index contributed by atoms with van der Waals surface area (Å²) in [6.45, 7) is 0.103. The normalized spacial score (nSPS) is 12.7. The molecule has 0 radical (unpaired) electrons. The largest absolute Gasteiger partial charge is 0.478 e. The fourth-order valence-corrected chi connectivity index (χ4v) is 2.15. The Balaban J connectivity index is 2.10. The highest BCUT2D eigenvalue weighted by molar-refractivity contribution is 6.05. The molecule has 1 aromatic carbocycles. The summed E-state index contributed by atoms with van der Waals surface area (Å²) in [7, 11) is 0. The molecular formula is C14H13N3O4. The van der Waals surface area contributed by atoms with Crippen molar-refractivity contribution in [2.24, 2.45) is 0 Å². The lowest BCUT2D eigenvalue weighted by Gasteiger charge is -2.16. The van der Waals surface area contributed by atoms with E-state index in [-0.39, 0.29) is 43.3 Å². The number of benzene rings is 1. The van der Waals surface area contributed by atoms with Crippen molar-refractivity contribution in [1.82, 2.24) is 5.32 Å². The number of carboxylic acids is 1. The molecule has 2 N–H and O–H groups in total. The number of carbonyl (C=O) groups is 3. The molecule has 2 amide bonds. The van der Waals surface area contributed by atoms with E-state index in [2.05, 4.69) is 5.32 Å². The number of amides is 2. The summed E-state index contributed by atoms with van der Waals surface area (Å²) >= 11 is 0. The Morgan fingerprint density at radius 1 is 1.43 bits per heavy atom. The molecule has 1 aliphatic heterocycles. The zero-order valence-corrected chi connectivity index (χ0v) is 11.1. The molecule has 7 nitrogen and oxygen atoms in total. The third-order valence-corrected chi connectivity index (χ3v) is 3.12. The average molecular weight is 287 g/mol. The highest BCUT2D eigenvalue weighted by Gasteiger charge is 2.29. The Labute approximate surface area is 120 Å². The van der Waals surface area contributed by atoms with Gasteiger partial charge in [0, 0.05) is 12.2 Å². The standard InChI is InChI=1S/C14H13N3O4/c15-4-1-5-16-12(18)8-17-11-3-2-9(14(20)21)6-10(11)7-13(17)19/h2-3,6H,1,5,7-8H2,(H,16,18)(H,20,21). The topological polar surface area (TPSA) is 111 Å². The first-order valence-electron chi connectivity index (χ1n) is 6.33. The smallest absolute Gasteiger partial charge is 0.335 e. The van der Waals surface area contributed by atoms with Crippen molar-refractivity contribution in [3.63, 3.8) is 0 Å². The van der Waals surface area contributed by atoms with E-state index in [0.717, 1.165) is 0 Å². The minimum Gasteiger partial charge on any atom is -0.478 e. The van der Waals surface area contributed by atoms with E-state index in [1.807, 2.05) is 6.07 Å². The second kappa shape index (κ2) is 6.05. The average Bonchev–Trinajstić information content (AvgIpc) is 2.74. The molecule has 0 saturated heterocycles. The van der Waals surface area contributed by atoms with Gasteiger partial charge in [-0.1, -0.05) is 0 Å². The molecule has 0 saturated carbocycles. The molecule has 0 aromatic heterocycles. The van der Waals surface area contributed by atoms with Crippen molar-refractivity contribution < 1.29 is 19.5 Å². The summed E-state index contributed by atoms with van der Waals surface area (Å²) in [5.41, 5.74) is 1.27. The second-order valence-electron chi connectivity index (χ2n) is 4.56. The van der Waals surface area contributed by atoms with E-state index in [0.29, 0.717) is 11.3 Å². The summed E-state index contributed by atoms with van der Waals surface area (Å²) in [6, 6.07) is 6.29. The highest BCUT2D eigenvalue weighted by Crippen LogP contribution is 2.29. The Morgan fingerprint density at radius 2 is 2.19 bits per heavy atom. The van der Waals surface area contributed by atoms with Crippen molar-refractivity contribution >= 4 is 23.5 Å². The minimum absolute atomic E-state index is 0.0852. The van der Waals surface area contributed by atoms with Crippen molar-refractivity contribution in [2.45, 2.75) is 12.8 Å². The van der Waals surface area contributed by atoms with Crippen LogP contribution in [0.15, 0.2) is 18.2 Å². The predicted molar refractivity (Wildman–Crippen MR) is 72.7 cm³/mol.